The van der Waals surface area contributed by atoms with Gasteiger partial charge in [0.25, 0.3) is 0 Å². The van der Waals surface area contributed by atoms with Crippen molar-refractivity contribution in [3.05, 3.63) is 0 Å². The maximum absolute atomic E-state index is 9.02. The third-order valence-electron chi connectivity index (χ3n) is 1.72. The summed E-state index contributed by atoms with van der Waals surface area (Å²) < 4.78 is 0. The van der Waals surface area contributed by atoms with E-state index in [2.05, 4.69) is 13.8 Å². The zero-order chi connectivity index (χ0) is 11.8. The molecule has 0 saturated heterocycles. The van der Waals surface area contributed by atoms with Crippen LogP contribution in [0.2, 0.25) is 0 Å². The third kappa shape index (κ3) is 31.4. The average Bonchev–Trinajstić information content (AvgIpc) is 1.81. The summed E-state index contributed by atoms with van der Waals surface area (Å²) in [6, 6.07) is 0. The Kier molecular flexibility index (Phi) is 13.4. The molecule has 2 N–H and O–H groups in total. The molecule has 0 atom stereocenters. The molecule has 0 heterocycles. The summed E-state index contributed by atoms with van der Waals surface area (Å²) in [5.41, 5.74) is -0.899. The van der Waals surface area contributed by atoms with Crippen LogP contribution in [0.25, 0.3) is 0 Å². The van der Waals surface area contributed by atoms with Crippen LogP contribution in [-0.4, -0.2) is 21.4 Å². The van der Waals surface area contributed by atoms with Gasteiger partial charge >= 0.3 is 0 Å². The molecule has 1 radical (unpaired) electrons. The number of aliphatic hydroxyl groups is 2. The van der Waals surface area contributed by atoms with E-state index in [-0.39, 0.29) is 17.1 Å². The van der Waals surface area contributed by atoms with Gasteiger partial charge in [-0.15, -0.1) is 0 Å². The summed E-state index contributed by atoms with van der Waals surface area (Å²) in [4.78, 5) is 0. The Morgan fingerprint density at radius 1 is 0.733 bits per heavy atom. The van der Waals surface area contributed by atoms with Gasteiger partial charge in [0.2, 0.25) is 0 Å². The SMILES string of the molecule is CCCC(C)(C)O.CCCC(C)(C)O.[Cu]. The molecular weight excluding hydrogens is 240 g/mol. The van der Waals surface area contributed by atoms with E-state index in [1.54, 1.807) is 0 Å². The minimum atomic E-state index is -0.450. The second-order valence-electron chi connectivity index (χ2n) is 5.12. The van der Waals surface area contributed by atoms with Crippen LogP contribution in [0.3, 0.4) is 0 Å². The quantitative estimate of drug-likeness (QED) is 0.769. The molecule has 0 saturated carbocycles. The molecule has 2 nitrogen and oxygen atoms in total. The van der Waals surface area contributed by atoms with Crippen LogP contribution in [-0.2, 0) is 17.1 Å². The average molecular weight is 268 g/mol. The zero-order valence-electron chi connectivity index (χ0n) is 11.0. The van der Waals surface area contributed by atoms with E-state index in [4.69, 9.17) is 10.2 Å². The van der Waals surface area contributed by atoms with Crippen molar-refractivity contribution in [3.8, 4) is 0 Å². The van der Waals surface area contributed by atoms with Gasteiger partial charge in [-0.05, 0) is 40.5 Å². The summed E-state index contributed by atoms with van der Waals surface area (Å²) in [5.74, 6) is 0. The van der Waals surface area contributed by atoms with Gasteiger partial charge in [-0.25, -0.2) is 0 Å². The maximum Gasteiger partial charge on any atom is 0.0591 e. The molecule has 0 aliphatic heterocycles. The molecule has 0 aliphatic rings. The van der Waals surface area contributed by atoms with Crippen molar-refractivity contribution in [2.24, 2.45) is 0 Å². The summed E-state index contributed by atoms with van der Waals surface area (Å²) in [7, 11) is 0. The van der Waals surface area contributed by atoms with Crippen LogP contribution in [0.15, 0.2) is 0 Å². The molecule has 15 heavy (non-hydrogen) atoms. The fourth-order valence-electron chi connectivity index (χ4n) is 1.22. The van der Waals surface area contributed by atoms with Crippen molar-refractivity contribution in [1.82, 2.24) is 0 Å². The first-order valence-corrected chi connectivity index (χ1v) is 5.57. The Balaban J connectivity index is -0.000000180. The summed E-state index contributed by atoms with van der Waals surface area (Å²) >= 11 is 0. The van der Waals surface area contributed by atoms with Crippen molar-refractivity contribution in [2.45, 2.75) is 78.4 Å². The minimum Gasteiger partial charge on any atom is -0.390 e. The van der Waals surface area contributed by atoms with Gasteiger partial charge in [-0.1, -0.05) is 26.7 Å². The van der Waals surface area contributed by atoms with Gasteiger partial charge in [-0.2, -0.15) is 0 Å². The van der Waals surface area contributed by atoms with E-state index in [9.17, 15) is 0 Å². The van der Waals surface area contributed by atoms with Crippen LogP contribution in [0.1, 0.15) is 67.2 Å². The van der Waals surface area contributed by atoms with E-state index >= 15 is 0 Å². The molecule has 0 aliphatic carbocycles. The Morgan fingerprint density at radius 2 is 0.933 bits per heavy atom. The topological polar surface area (TPSA) is 40.5 Å². The van der Waals surface area contributed by atoms with E-state index in [1.807, 2.05) is 27.7 Å². The molecule has 0 aromatic rings. The monoisotopic (exact) mass is 267 g/mol. The second-order valence-corrected chi connectivity index (χ2v) is 5.12. The molecule has 0 rings (SSSR count). The standard InChI is InChI=1S/2C6H14O.Cu/c2*1-4-5-6(2,3)7;/h2*7H,4-5H2,1-3H3;. The predicted octanol–water partition coefficient (Wildman–Crippen LogP) is 3.11. The van der Waals surface area contributed by atoms with E-state index in [0.717, 1.165) is 25.7 Å². The molecule has 0 bridgehead atoms. The number of rotatable bonds is 4. The zero-order valence-corrected chi connectivity index (χ0v) is 12.0. The van der Waals surface area contributed by atoms with E-state index < -0.39 is 11.2 Å². The van der Waals surface area contributed by atoms with Gasteiger partial charge in [0.1, 0.15) is 0 Å². The van der Waals surface area contributed by atoms with Crippen LogP contribution in [0, 0.1) is 0 Å². The minimum absolute atomic E-state index is 0. The molecule has 0 amide bonds. The number of hydrogen-bond acceptors (Lipinski definition) is 2. The first-order valence-electron chi connectivity index (χ1n) is 5.57. The van der Waals surface area contributed by atoms with Gasteiger partial charge in [0, 0.05) is 17.1 Å². The summed E-state index contributed by atoms with van der Waals surface area (Å²) in [5, 5.41) is 18.0. The normalized spacial score (nSPS) is 11.2. The Labute approximate surface area is 106 Å². The molecule has 0 aromatic carbocycles. The Morgan fingerprint density at radius 3 is 0.933 bits per heavy atom. The maximum atomic E-state index is 9.02. The van der Waals surface area contributed by atoms with Crippen molar-refractivity contribution >= 4 is 0 Å². The summed E-state index contributed by atoms with van der Waals surface area (Å²) in [6.45, 7) is 11.5. The summed E-state index contributed by atoms with van der Waals surface area (Å²) in [6.07, 6.45) is 3.91. The van der Waals surface area contributed by atoms with Crippen LogP contribution < -0.4 is 0 Å². The molecule has 0 fully saturated rings. The fraction of sp³-hybridized carbons (Fsp3) is 1.00. The molecule has 0 aromatic heterocycles. The molecule has 0 unspecified atom stereocenters. The first kappa shape index (κ1) is 20.8. The fourth-order valence-corrected chi connectivity index (χ4v) is 1.22. The van der Waals surface area contributed by atoms with Crippen LogP contribution in [0.4, 0.5) is 0 Å². The van der Waals surface area contributed by atoms with E-state index in [1.165, 1.54) is 0 Å². The number of hydrogen-bond donors (Lipinski definition) is 2. The van der Waals surface area contributed by atoms with Crippen molar-refractivity contribution in [1.29, 1.82) is 0 Å². The molecular formula is C12H28CuO2. The van der Waals surface area contributed by atoms with Crippen molar-refractivity contribution in [3.63, 3.8) is 0 Å². The second kappa shape index (κ2) is 9.65. The van der Waals surface area contributed by atoms with Gasteiger partial charge in [-0.3, -0.25) is 0 Å². The Bertz CT molecular complexity index is 107. The van der Waals surface area contributed by atoms with Crippen LogP contribution in [0.5, 0.6) is 0 Å². The van der Waals surface area contributed by atoms with E-state index in [0.29, 0.717) is 0 Å². The largest absolute Gasteiger partial charge is 0.390 e. The molecule has 3 heteroatoms. The van der Waals surface area contributed by atoms with Crippen LogP contribution >= 0.6 is 0 Å². The van der Waals surface area contributed by atoms with Gasteiger partial charge in [0.15, 0.2) is 0 Å². The van der Waals surface area contributed by atoms with Crippen molar-refractivity contribution < 1.29 is 27.3 Å². The molecule has 99 valence electrons. The van der Waals surface area contributed by atoms with Gasteiger partial charge < -0.3 is 10.2 Å². The predicted molar refractivity (Wildman–Crippen MR) is 62.4 cm³/mol. The molecule has 0 spiro atoms. The first-order chi connectivity index (χ1) is 6.12. The van der Waals surface area contributed by atoms with Crippen molar-refractivity contribution in [2.75, 3.05) is 0 Å². The third-order valence-corrected chi connectivity index (χ3v) is 1.72. The smallest absolute Gasteiger partial charge is 0.0591 e. The van der Waals surface area contributed by atoms with Gasteiger partial charge in [0.05, 0.1) is 11.2 Å². The Hall–Kier alpha value is 0.439.